The number of hydrogen-bond acceptors (Lipinski definition) is 5. The molecule has 1 N–H and O–H groups in total. The number of aliphatic hydroxyl groups excluding tert-OH is 1. The third-order valence-corrected chi connectivity index (χ3v) is 8.79. The summed E-state index contributed by atoms with van der Waals surface area (Å²) in [4.78, 5) is 5.17. The molecule has 0 bridgehead atoms. The van der Waals surface area contributed by atoms with Gasteiger partial charge in [0, 0.05) is 38.1 Å². The molecular formula is C27H38N2O3S. The summed E-state index contributed by atoms with van der Waals surface area (Å²) < 4.78 is 24.6. The second-order valence-corrected chi connectivity index (χ2v) is 12.7. The molecule has 1 aliphatic heterocycles. The number of anilines is 1. The van der Waals surface area contributed by atoms with Crippen molar-refractivity contribution in [2.75, 3.05) is 37.3 Å². The number of sulfone groups is 1. The maximum atomic E-state index is 12.3. The molecule has 0 unspecified atom stereocenters. The standard InChI is InChI=1S/C27H38N2O3S/c1-27(2)13-11-21(12-14-27)18-29-16-15-28(19-25(29)22-7-5-4-6-8-22)24-10-9-23(20-30)26(17-24)33(3,31)32/h4-10,17,21,25,30H,11-16,18-20H2,1-3H3/t25-/m1/s1. The predicted molar refractivity (Wildman–Crippen MR) is 134 cm³/mol. The normalized spacial score (nSPS) is 22.4. The van der Waals surface area contributed by atoms with Crippen molar-refractivity contribution in [2.45, 2.75) is 57.1 Å². The van der Waals surface area contributed by atoms with E-state index in [0.717, 1.165) is 37.8 Å². The number of hydrogen-bond donors (Lipinski definition) is 1. The Kier molecular flexibility index (Phi) is 7.18. The first kappa shape index (κ1) is 24.2. The van der Waals surface area contributed by atoms with Crippen LogP contribution in [0.2, 0.25) is 0 Å². The molecule has 0 radical (unpaired) electrons. The predicted octanol–water partition coefficient (Wildman–Crippen LogP) is 4.66. The fraction of sp³-hybridized carbons (Fsp3) is 0.556. The summed E-state index contributed by atoms with van der Waals surface area (Å²) in [6.07, 6.45) is 6.42. The number of aliphatic hydroxyl groups is 1. The van der Waals surface area contributed by atoms with Gasteiger partial charge in [-0.25, -0.2) is 8.42 Å². The Morgan fingerprint density at radius 2 is 1.73 bits per heavy atom. The Bertz CT molecular complexity index is 1040. The maximum Gasteiger partial charge on any atom is 0.175 e. The summed E-state index contributed by atoms with van der Waals surface area (Å²) >= 11 is 0. The lowest BCUT2D eigenvalue weighted by atomic mass is 9.73. The molecule has 0 spiro atoms. The van der Waals surface area contributed by atoms with E-state index >= 15 is 0 Å². The molecule has 2 fully saturated rings. The summed E-state index contributed by atoms with van der Waals surface area (Å²) in [7, 11) is -3.41. The van der Waals surface area contributed by atoms with Crippen molar-refractivity contribution < 1.29 is 13.5 Å². The van der Waals surface area contributed by atoms with Gasteiger partial charge in [-0.2, -0.15) is 0 Å². The van der Waals surface area contributed by atoms with Gasteiger partial charge in [0.2, 0.25) is 0 Å². The maximum absolute atomic E-state index is 12.3. The van der Waals surface area contributed by atoms with Gasteiger partial charge in [0.25, 0.3) is 0 Å². The second kappa shape index (κ2) is 9.77. The second-order valence-electron chi connectivity index (χ2n) is 10.7. The smallest absolute Gasteiger partial charge is 0.175 e. The minimum atomic E-state index is -3.41. The van der Waals surface area contributed by atoms with Crippen LogP contribution >= 0.6 is 0 Å². The van der Waals surface area contributed by atoms with Crippen molar-refractivity contribution in [2.24, 2.45) is 11.3 Å². The zero-order chi connectivity index (χ0) is 23.6. The van der Waals surface area contributed by atoms with Crippen molar-refractivity contribution in [1.29, 1.82) is 0 Å². The van der Waals surface area contributed by atoms with Crippen molar-refractivity contribution in [3.05, 3.63) is 59.7 Å². The zero-order valence-electron chi connectivity index (χ0n) is 20.2. The van der Waals surface area contributed by atoms with Crippen LogP contribution in [0, 0.1) is 11.3 Å². The monoisotopic (exact) mass is 470 g/mol. The molecule has 2 aromatic rings. The first-order valence-electron chi connectivity index (χ1n) is 12.1. The van der Waals surface area contributed by atoms with Crippen LogP contribution in [0.15, 0.2) is 53.4 Å². The molecule has 1 saturated carbocycles. The van der Waals surface area contributed by atoms with Crippen LogP contribution in [0.5, 0.6) is 0 Å². The number of piperazine rings is 1. The van der Waals surface area contributed by atoms with Crippen LogP contribution in [-0.2, 0) is 16.4 Å². The molecule has 2 aromatic carbocycles. The van der Waals surface area contributed by atoms with Gasteiger partial charge in [-0.3, -0.25) is 4.90 Å². The van der Waals surface area contributed by atoms with Crippen molar-refractivity contribution >= 4 is 15.5 Å². The van der Waals surface area contributed by atoms with E-state index in [-0.39, 0.29) is 17.5 Å². The summed E-state index contributed by atoms with van der Waals surface area (Å²) in [5, 5.41) is 9.61. The van der Waals surface area contributed by atoms with E-state index in [1.165, 1.54) is 37.5 Å². The third-order valence-electron chi connectivity index (χ3n) is 7.61. The van der Waals surface area contributed by atoms with Gasteiger partial charge in [-0.1, -0.05) is 50.2 Å². The molecule has 1 atom stereocenters. The van der Waals surface area contributed by atoms with E-state index in [0.29, 0.717) is 11.0 Å². The first-order chi connectivity index (χ1) is 15.7. The minimum absolute atomic E-state index is 0.228. The van der Waals surface area contributed by atoms with Gasteiger partial charge in [0.15, 0.2) is 9.84 Å². The fourth-order valence-corrected chi connectivity index (χ4v) is 6.40. The molecule has 2 aliphatic rings. The Balaban J connectivity index is 1.56. The molecule has 4 rings (SSSR count). The number of nitrogens with zero attached hydrogens (tertiary/aromatic N) is 2. The Hall–Kier alpha value is -1.89. The van der Waals surface area contributed by atoms with E-state index in [9.17, 15) is 13.5 Å². The summed E-state index contributed by atoms with van der Waals surface area (Å²) in [5.74, 6) is 0.747. The van der Waals surface area contributed by atoms with Crippen LogP contribution in [-0.4, -0.2) is 50.9 Å². The third kappa shape index (κ3) is 5.79. The highest BCUT2D eigenvalue weighted by atomic mass is 32.2. The van der Waals surface area contributed by atoms with E-state index in [2.05, 4.69) is 54.0 Å². The minimum Gasteiger partial charge on any atom is -0.392 e. The molecule has 6 heteroatoms. The molecule has 0 amide bonds. The van der Waals surface area contributed by atoms with Gasteiger partial charge < -0.3 is 10.0 Å². The molecule has 1 heterocycles. The SMILES string of the molecule is CC1(C)CCC(CN2CCN(c3ccc(CO)c(S(C)(=O)=O)c3)C[C@@H]2c2ccccc2)CC1. The van der Waals surface area contributed by atoms with Crippen LogP contribution in [0.4, 0.5) is 5.69 Å². The van der Waals surface area contributed by atoms with E-state index in [1.54, 1.807) is 12.1 Å². The molecule has 0 aromatic heterocycles. The zero-order valence-corrected chi connectivity index (χ0v) is 21.0. The Morgan fingerprint density at radius 1 is 1.03 bits per heavy atom. The first-order valence-corrected chi connectivity index (χ1v) is 14.0. The van der Waals surface area contributed by atoms with Gasteiger partial charge >= 0.3 is 0 Å². The summed E-state index contributed by atoms with van der Waals surface area (Å²) in [5.41, 5.74) is 3.16. The van der Waals surface area contributed by atoms with Gasteiger partial charge in [-0.15, -0.1) is 0 Å². The average molecular weight is 471 g/mol. The number of benzene rings is 2. The van der Waals surface area contributed by atoms with Crippen molar-refractivity contribution in [1.82, 2.24) is 4.90 Å². The Labute approximate surface area is 199 Å². The lowest BCUT2D eigenvalue weighted by molar-refractivity contribution is 0.108. The van der Waals surface area contributed by atoms with E-state index in [1.807, 2.05) is 6.07 Å². The number of rotatable bonds is 6. The Morgan fingerprint density at radius 3 is 2.36 bits per heavy atom. The van der Waals surface area contributed by atoms with Crippen LogP contribution < -0.4 is 4.90 Å². The molecule has 180 valence electrons. The van der Waals surface area contributed by atoms with E-state index in [4.69, 9.17) is 0 Å². The topological polar surface area (TPSA) is 60.9 Å². The molecular weight excluding hydrogens is 432 g/mol. The average Bonchev–Trinajstić information content (AvgIpc) is 2.80. The summed E-state index contributed by atoms with van der Waals surface area (Å²) in [6.45, 7) is 8.27. The van der Waals surface area contributed by atoms with Crippen LogP contribution in [0.1, 0.15) is 56.7 Å². The molecule has 5 nitrogen and oxygen atoms in total. The highest BCUT2D eigenvalue weighted by Gasteiger charge is 2.33. The lowest BCUT2D eigenvalue weighted by Gasteiger charge is -2.45. The van der Waals surface area contributed by atoms with E-state index < -0.39 is 9.84 Å². The summed E-state index contributed by atoms with van der Waals surface area (Å²) in [6, 6.07) is 16.4. The van der Waals surface area contributed by atoms with Gasteiger partial charge in [0.05, 0.1) is 17.5 Å². The molecule has 1 aliphatic carbocycles. The van der Waals surface area contributed by atoms with Crippen molar-refractivity contribution in [3.63, 3.8) is 0 Å². The largest absolute Gasteiger partial charge is 0.392 e. The highest BCUT2D eigenvalue weighted by molar-refractivity contribution is 7.90. The molecule has 33 heavy (non-hydrogen) atoms. The quantitative estimate of drug-likeness (QED) is 0.665. The van der Waals surface area contributed by atoms with Gasteiger partial charge in [0.1, 0.15) is 0 Å². The van der Waals surface area contributed by atoms with Crippen molar-refractivity contribution in [3.8, 4) is 0 Å². The molecule has 1 saturated heterocycles. The highest BCUT2D eigenvalue weighted by Crippen LogP contribution is 2.39. The van der Waals surface area contributed by atoms with Gasteiger partial charge in [-0.05, 0) is 60.3 Å². The van der Waals surface area contributed by atoms with Crippen LogP contribution in [0.25, 0.3) is 0 Å². The lowest BCUT2D eigenvalue weighted by Crippen LogP contribution is -2.50. The fourth-order valence-electron chi connectivity index (χ4n) is 5.45. The van der Waals surface area contributed by atoms with Crippen LogP contribution in [0.3, 0.4) is 0 Å².